The maximum Gasteiger partial charge on any atom is 0.316 e. The second kappa shape index (κ2) is 10.9. The highest BCUT2D eigenvalue weighted by Gasteiger charge is 2.21. The number of benzene rings is 1. The standard InChI is InChI=1S/C19H28N2O4S/c1-13(2)21(14(3)4)18(23)10-25-19(24)12-26-11-17(22)20-16-8-6-7-15(5)9-16/h6-9,13-14H,10-12H2,1-5H3,(H,20,22). The van der Waals surface area contributed by atoms with Crippen molar-refractivity contribution in [1.29, 1.82) is 0 Å². The molecular weight excluding hydrogens is 352 g/mol. The molecule has 0 aliphatic carbocycles. The van der Waals surface area contributed by atoms with E-state index < -0.39 is 5.97 Å². The molecule has 6 nitrogen and oxygen atoms in total. The highest BCUT2D eigenvalue weighted by atomic mass is 32.2. The van der Waals surface area contributed by atoms with Crippen molar-refractivity contribution in [2.75, 3.05) is 23.4 Å². The summed E-state index contributed by atoms with van der Waals surface area (Å²) in [7, 11) is 0. The van der Waals surface area contributed by atoms with E-state index in [1.165, 1.54) is 0 Å². The molecule has 144 valence electrons. The van der Waals surface area contributed by atoms with E-state index in [1.807, 2.05) is 58.9 Å². The number of hydrogen-bond acceptors (Lipinski definition) is 5. The first-order valence-corrected chi connectivity index (χ1v) is 9.77. The van der Waals surface area contributed by atoms with Gasteiger partial charge in [0.15, 0.2) is 6.61 Å². The number of amides is 2. The van der Waals surface area contributed by atoms with Crippen LogP contribution in [0.4, 0.5) is 5.69 Å². The lowest BCUT2D eigenvalue weighted by atomic mass is 10.2. The van der Waals surface area contributed by atoms with Gasteiger partial charge in [-0.1, -0.05) is 12.1 Å². The van der Waals surface area contributed by atoms with Gasteiger partial charge >= 0.3 is 5.97 Å². The Kier molecular flexibility index (Phi) is 9.19. The van der Waals surface area contributed by atoms with Gasteiger partial charge in [0.2, 0.25) is 5.91 Å². The molecule has 0 fully saturated rings. The van der Waals surface area contributed by atoms with Crippen LogP contribution in [0, 0.1) is 6.92 Å². The Bertz CT molecular complexity index is 624. The molecule has 0 radical (unpaired) electrons. The zero-order valence-electron chi connectivity index (χ0n) is 16.1. The van der Waals surface area contributed by atoms with E-state index in [0.29, 0.717) is 0 Å². The van der Waals surface area contributed by atoms with Crippen LogP contribution in [-0.2, 0) is 19.1 Å². The number of anilines is 1. The molecule has 0 aliphatic heterocycles. The summed E-state index contributed by atoms with van der Waals surface area (Å²) in [5.41, 5.74) is 1.78. The molecule has 0 spiro atoms. The first-order valence-electron chi connectivity index (χ1n) is 8.61. The van der Waals surface area contributed by atoms with Gasteiger partial charge in [0.05, 0.1) is 11.5 Å². The molecule has 1 aromatic rings. The average Bonchev–Trinajstić information content (AvgIpc) is 2.52. The summed E-state index contributed by atoms with van der Waals surface area (Å²) in [5.74, 6) is -0.737. The highest BCUT2D eigenvalue weighted by Crippen LogP contribution is 2.11. The van der Waals surface area contributed by atoms with Crippen molar-refractivity contribution in [2.45, 2.75) is 46.7 Å². The van der Waals surface area contributed by atoms with E-state index in [0.717, 1.165) is 23.0 Å². The van der Waals surface area contributed by atoms with Crippen molar-refractivity contribution in [2.24, 2.45) is 0 Å². The Morgan fingerprint density at radius 3 is 2.35 bits per heavy atom. The lowest BCUT2D eigenvalue weighted by Crippen LogP contribution is -2.44. The molecule has 0 unspecified atom stereocenters. The highest BCUT2D eigenvalue weighted by molar-refractivity contribution is 8.00. The fourth-order valence-corrected chi connectivity index (χ4v) is 3.19. The van der Waals surface area contributed by atoms with Gasteiger partial charge in [0.25, 0.3) is 5.91 Å². The molecule has 0 aliphatic rings. The van der Waals surface area contributed by atoms with Crippen LogP contribution >= 0.6 is 11.8 Å². The molecule has 0 saturated heterocycles. The summed E-state index contributed by atoms with van der Waals surface area (Å²) in [6.45, 7) is 9.35. The molecule has 1 rings (SSSR count). The number of thioether (sulfide) groups is 1. The second-order valence-electron chi connectivity index (χ2n) is 6.56. The summed E-state index contributed by atoms with van der Waals surface area (Å²) in [5, 5.41) is 2.77. The van der Waals surface area contributed by atoms with Crippen molar-refractivity contribution < 1.29 is 19.1 Å². The number of esters is 1. The predicted molar refractivity (Wildman–Crippen MR) is 105 cm³/mol. The summed E-state index contributed by atoms with van der Waals surface area (Å²) < 4.78 is 5.02. The quantitative estimate of drug-likeness (QED) is 0.667. The average molecular weight is 381 g/mol. The Balaban J connectivity index is 2.29. The number of nitrogens with one attached hydrogen (secondary N) is 1. The van der Waals surface area contributed by atoms with Gasteiger partial charge in [-0.05, 0) is 52.3 Å². The fraction of sp³-hybridized carbons (Fsp3) is 0.526. The maximum atomic E-state index is 12.1. The molecule has 26 heavy (non-hydrogen) atoms. The number of nitrogens with zero attached hydrogens (tertiary/aromatic N) is 1. The molecule has 7 heteroatoms. The van der Waals surface area contributed by atoms with E-state index in [4.69, 9.17) is 4.74 Å². The Morgan fingerprint density at radius 2 is 1.77 bits per heavy atom. The van der Waals surface area contributed by atoms with Gasteiger partial charge in [-0.25, -0.2) is 0 Å². The van der Waals surface area contributed by atoms with Crippen LogP contribution in [0.15, 0.2) is 24.3 Å². The number of carbonyl (C=O) groups excluding carboxylic acids is 3. The lowest BCUT2D eigenvalue weighted by Gasteiger charge is -2.30. The van der Waals surface area contributed by atoms with Crippen LogP contribution in [0.5, 0.6) is 0 Å². The molecule has 2 amide bonds. The van der Waals surface area contributed by atoms with Crippen LogP contribution < -0.4 is 5.32 Å². The minimum atomic E-state index is -0.501. The first kappa shape index (κ1) is 22.0. The minimum absolute atomic E-state index is 0.0257. The largest absolute Gasteiger partial charge is 0.455 e. The topological polar surface area (TPSA) is 75.7 Å². The van der Waals surface area contributed by atoms with E-state index in [1.54, 1.807) is 4.90 Å². The fourth-order valence-electron chi connectivity index (χ4n) is 2.58. The predicted octanol–water partition coefficient (Wildman–Crippen LogP) is 2.86. The monoisotopic (exact) mass is 380 g/mol. The molecule has 0 atom stereocenters. The number of rotatable bonds is 9. The van der Waals surface area contributed by atoms with E-state index in [-0.39, 0.29) is 42.0 Å². The third kappa shape index (κ3) is 7.91. The zero-order valence-corrected chi connectivity index (χ0v) is 16.9. The van der Waals surface area contributed by atoms with E-state index >= 15 is 0 Å². The van der Waals surface area contributed by atoms with Crippen molar-refractivity contribution >= 4 is 35.2 Å². The molecule has 0 heterocycles. The zero-order chi connectivity index (χ0) is 19.7. The smallest absolute Gasteiger partial charge is 0.316 e. The van der Waals surface area contributed by atoms with Gasteiger partial charge in [0.1, 0.15) is 0 Å². The van der Waals surface area contributed by atoms with Crippen molar-refractivity contribution in [3.8, 4) is 0 Å². The van der Waals surface area contributed by atoms with Crippen LogP contribution in [0.25, 0.3) is 0 Å². The van der Waals surface area contributed by atoms with Gasteiger partial charge in [-0.15, -0.1) is 11.8 Å². The van der Waals surface area contributed by atoms with Crippen LogP contribution in [0.3, 0.4) is 0 Å². The van der Waals surface area contributed by atoms with Crippen molar-refractivity contribution in [1.82, 2.24) is 4.90 Å². The summed E-state index contributed by atoms with van der Waals surface area (Å²) in [6, 6.07) is 7.58. The lowest BCUT2D eigenvalue weighted by molar-refractivity contribution is -0.151. The Labute approximate surface area is 159 Å². The molecule has 1 aromatic carbocycles. The van der Waals surface area contributed by atoms with Gasteiger partial charge in [-0.2, -0.15) is 0 Å². The maximum absolute atomic E-state index is 12.1. The summed E-state index contributed by atoms with van der Waals surface area (Å²) >= 11 is 1.15. The van der Waals surface area contributed by atoms with Gasteiger partial charge in [0, 0.05) is 17.8 Å². The number of hydrogen-bond donors (Lipinski definition) is 1. The number of ether oxygens (including phenoxy) is 1. The Morgan fingerprint density at radius 1 is 1.12 bits per heavy atom. The first-order chi connectivity index (χ1) is 12.2. The molecular formula is C19H28N2O4S. The normalized spacial score (nSPS) is 10.7. The molecule has 0 saturated carbocycles. The molecule has 1 N–H and O–H groups in total. The SMILES string of the molecule is Cc1cccc(NC(=O)CSCC(=O)OCC(=O)N(C(C)C)C(C)C)c1. The van der Waals surface area contributed by atoms with Gasteiger partial charge < -0.3 is 15.0 Å². The van der Waals surface area contributed by atoms with Crippen LogP contribution in [0.2, 0.25) is 0 Å². The second-order valence-corrected chi connectivity index (χ2v) is 7.55. The summed E-state index contributed by atoms with van der Waals surface area (Å²) in [6.07, 6.45) is 0. The third-order valence-electron chi connectivity index (χ3n) is 3.51. The molecule has 0 aromatic heterocycles. The van der Waals surface area contributed by atoms with Crippen LogP contribution in [-0.4, -0.2) is 52.9 Å². The van der Waals surface area contributed by atoms with Crippen molar-refractivity contribution in [3.05, 3.63) is 29.8 Å². The minimum Gasteiger partial charge on any atom is -0.455 e. The number of aryl methyl sites for hydroxylation is 1. The number of carbonyl (C=O) groups is 3. The van der Waals surface area contributed by atoms with Crippen molar-refractivity contribution in [3.63, 3.8) is 0 Å². The molecule has 0 bridgehead atoms. The van der Waals surface area contributed by atoms with E-state index in [9.17, 15) is 14.4 Å². The Hall–Kier alpha value is -2.02. The van der Waals surface area contributed by atoms with Crippen LogP contribution in [0.1, 0.15) is 33.3 Å². The summed E-state index contributed by atoms with van der Waals surface area (Å²) in [4.78, 5) is 37.4. The van der Waals surface area contributed by atoms with E-state index in [2.05, 4.69) is 5.32 Å². The third-order valence-corrected chi connectivity index (χ3v) is 4.42. The van der Waals surface area contributed by atoms with Gasteiger partial charge in [-0.3, -0.25) is 14.4 Å².